The number of nitrogens with zero attached hydrogens (tertiary/aromatic N) is 1. The Kier molecular flexibility index (Phi) is 1.62. The van der Waals surface area contributed by atoms with E-state index in [1.807, 2.05) is 0 Å². The predicted molar refractivity (Wildman–Crippen MR) is 36.4 cm³/mol. The quantitative estimate of drug-likeness (QED) is 0.502. The van der Waals surface area contributed by atoms with Gasteiger partial charge < -0.3 is 10.0 Å². The number of terminal acetylenes is 1. The van der Waals surface area contributed by atoms with Gasteiger partial charge in [-0.2, -0.15) is 8.78 Å². The minimum atomic E-state index is -3.56. The van der Waals surface area contributed by atoms with Gasteiger partial charge in [-0.15, -0.1) is 6.42 Å². The molecule has 1 aliphatic rings. The van der Waals surface area contributed by atoms with E-state index >= 15 is 0 Å². The van der Waals surface area contributed by atoms with Crippen LogP contribution < -0.4 is 0 Å². The molecule has 0 aromatic rings. The van der Waals surface area contributed by atoms with Gasteiger partial charge >= 0.3 is 5.92 Å². The Morgan fingerprint density at radius 2 is 2.25 bits per heavy atom. The van der Waals surface area contributed by atoms with Crippen LogP contribution in [-0.2, 0) is 4.79 Å². The number of aliphatic hydroxyl groups is 1. The lowest BCUT2D eigenvalue weighted by molar-refractivity contribution is -0.153. The van der Waals surface area contributed by atoms with Gasteiger partial charge in [0.1, 0.15) is 0 Å². The van der Waals surface area contributed by atoms with E-state index < -0.39 is 24.0 Å². The van der Waals surface area contributed by atoms with Crippen LogP contribution in [0.25, 0.3) is 0 Å². The third kappa shape index (κ3) is 0.816. The molecule has 1 heterocycles. The van der Waals surface area contributed by atoms with Crippen molar-refractivity contribution in [2.24, 2.45) is 0 Å². The summed E-state index contributed by atoms with van der Waals surface area (Å²) >= 11 is 0. The van der Waals surface area contributed by atoms with E-state index in [0.717, 1.165) is 7.05 Å². The van der Waals surface area contributed by atoms with Crippen molar-refractivity contribution in [2.75, 3.05) is 13.6 Å². The molecule has 3 nitrogen and oxygen atoms in total. The number of alkyl halides is 2. The van der Waals surface area contributed by atoms with Gasteiger partial charge in [-0.3, -0.25) is 4.79 Å². The molecule has 1 rings (SSSR count). The Morgan fingerprint density at radius 3 is 2.42 bits per heavy atom. The molecule has 1 unspecified atom stereocenters. The lowest BCUT2D eigenvalue weighted by atomic mass is 10.0. The summed E-state index contributed by atoms with van der Waals surface area (Å²) in [4.78, 5) is 11.6. The molecule has 0 aromatic carbocycles. The summed E-state index contributed by atoms with van der Waals surface area (Å²) in [6.45, 7) is -0.841. The lowest BCUT2D eigenvalue weighted by Gasteiger charge is -2.19. The first-order chi connectivity index (χ1) is 5.35. The van der Waals surface area contributed by atoms with Crippen LogP contribution in [0.2, 0.25) is 0 Å². The average molecular weight is 175 g/mol. The van der Waals surface area contributed by atoms with Gasteiger partial charge in [0.25, 0.3) is 11.5 Å². The van der Waals surface area contributed by atoms with Crippen LogP contribution in [0.3, 0.4) is 0 Å². The molecule has 1 N–H and O–H groups in total. The number of carbonyl (C=O) groups is 1. The highest BCUT2D eigenvalue weighted by molar-refractivity contribution is 5.92. The van der Waals surface area contributed by atoms with Crippen LogP contribution in [0, 0.1) is 12.3 Å². The van der Waals surface area contributed by atoms with Crippen LogP contribution in [0.1, 0.15) is 0 Å². The molecule has 0 aliphatic carbocycles. The maximum atomic E-state index is 12.8. The SMILES string of the molecule is C#CC1(O)C(=O)N(C)CC1(F)F. The van der Waals surface area contributed by atoms with Crippen molar-refractivity contribution in [2.45, 2.75) is 11.5 Å². The molecule has 1 saturated heterocycles. The first-order valence-corrected chi connectivity index (χ1v) is 3.18. The molecule has 0 spiro atoms. The molecule has 66 valence electrons. The smallest absolute Gasteiger partial charge is 0.313 e. The third-order valence-electron chi connectivity index (χ3n) is 1.83. The highest BCUT2D eigenvalue weighted by Gasteiger charge is 2.64. The minimum absolute atomic E-state index is 0.708. The molecule has 0 radical (unpaired) electrons. The van der Waals surface area contributed by atoms with Crippen LogP contribution in [0.5, 0.6) is 0 Å². The number of likely N-dealkylation sites (tertiary alicyclic amines) is 1. The number of hydrogen-bond donors (Lipinski definition) is 1. The second kappa shape index (κ2) is 2.17. The maximum Gasteiger partial charge on any atom is 0.313 e. The molecule has 0 aromatic heterocycles. The summed E-state index contributed by atoms with van der Waals surface area (Å²) in [5.41, 5.74) is -2.96. The molecule has 12 heavy (non-hydrogen) atoms. The summed E-state index contributed by atoms with van der Waals surface area (Å²) in [6.07, 6.45) is 4.67. The van der Waals surface area contributed by atoms with E-state index in [-0.39, 0.29) is 0 Å². The van der Waals surface area contributed by atoms with Crippen LogP contribution >= 0.6 is 0 Å². The molecule has 0 bridgehead atoms. The van der Waals surface area contributed by atoms with Crippen LogP contribution in [-0.4, -0.2) is 41.0 Å². The van der Waals surface area contributed by atoms with Gasteiger partial charge in [-0.05, 0) is 0 Å². The number of rotatable bonds is 0. The van der Waals surface area contributed by atoms with Gasteiger partial charge in [0.15, 0.2) is 0 Å². The summed E-state index contributed by atoms with van der Waals surface area (Å²) in [5.74, 6) is -3.27. The third-order valence-corrected chi connectivity index (χ3v) is 1.83. The zero-order valence-electron chi connectivity index (χ0n) is 6.34. The highest BCUT2D eigenvalue weighted by Crippen LogP contribution is 2.36. The van der Waals surface area contributed by atoms with Crippen molar-refractivity contribution in [3.05, 3.63) is 0 Å². The van der Waals surface area contributed by atoms with E-state index in [0.29, 0.717) is 4.90 Å². The van der Waals surface area contributed by atoms with Gasteiger partial charge in [-0.25, -0.2) is 0 Å². The highest BCUT2D eigenvalue weighted by atomic mass is 19.3. The first kappa shape index (κ1) is 8.94. The fourth-order valence-electron chi connectivity index (χ4n) is 1.08. The van der Waals surface area contributed by atoms with Crippen LogP contribution in [0.4, 0.5) is 8.78 Å². The Balaban J connectivity index is 3.16. The van der Waals surface area contributed by atoms with Gasteiger partial charge in [-0.1, -0.05) is 5.92 Å². The minimum Gasteiger partial charge on any atom is -0.365 e. The van der Waals surface area contributed by atoms with Crippen molar-refractivity contribution in [3.8, 4) is 12.3 Å². The molecular formula is C7H7F2NO2. The zero-order valence-corrected chi connectivity index (χ0v) is 6.34. The van der Waals surface area contributed by atoms with Crippen molar-refractivity contribution in [1.29, 1.82) is 0 Å². The first-order valence-electron chi connectivity index (χ1n) is 3.18. The normalized spacial score (nSPS) is 33.6. The molecular weight excluding hydrogens is 168 g/mol. The van der Waals surface area contributed by atoms with Gasteiger partial charge in [0.2, 0.25) is 0 Å². The fourth-order valence-corrected chi connectivity index (χ4v) is 1.08. The predicted octanol–water partition coefficient (Wildman–Crippen LogP) is -0.542. The number of halogens is 2. The number of amides is 1. The van der Waals surface area contributed by atoms with Crippen molar-refractivity contribution in [1.82, 2.24) is 4.90 Å². The molecule has 1 amide bonds. The number of carbonyl (C=O) groups excluding carboxylic acids is 1. The van der Waals surface area contributed by atoms with E-state index in [4.69, 9.17) is 5.11 Å². The van der Waals surface area contributed by atoms with Crippen molar-refractivity contribution in [3.63, 3.8) is 0 Å². The second-order valence-corrected chi connectivity index (χ2v) is 2.72. The molecule has 1 aliphatic heterocycles. The summed E-state index contributed by atoms with van der Waals surface area (Å²) in [7, 11) is 1.16. The second-order valence-electron chi connectivity index (χ2n) is 2.72. The monoisotopic (exact) mass is 175 g/mol. The largest absolute Gasteiger partial charge is 0.365 e. The maximum absolute atomic E-state index is 12.8. The van der Waals surface area contributed by atoms with E-state index in [2.05, 4.69) is 6.42 Å². The van der Waals surface area contributed by atoms with E-state index in [1.165, 1.54) is 5.92 Å². The van der Waals surface area contributed by atoms with Crippen LogP contribution in [0.15, 0.2) is 0 Å². The van der Waals surface area contributed by atoms with Gasteiger partial charge in [0.05, 0.1) is 6.54 Å². The lowest BCUT2D eigenvalue weighted by Crippen LogP contribution is -2.48. The molecule has 1 atom stereocenters. The Labute approximate surface area is 68.0 Å². The van der Waals surface area contributed by atoms with Gasteiger partial charge in [0, 0.05) is 7.05 Å². The molecule has 5 heteroatoms. The van der Waals surface area contributed by atoms with E-state index in [1.54, 1.807) is 0 Å². The summed E-state index contributed by atoms with van der Waals surface area (Å²) in [5, 5.41) is 9.09. The molecule has 1 fully saturated rings. The summed E-state index contributed by atoms with van der Waals surface area (Å²) in [6, 6.07) is 0. The Morgan fingerprint density at radius 1 is 1.75 bits per heavy atom. The topological polar surface area (TPSA) is 40.5 Å². The van der Waals surface area contributed by atoms with Crippen molar-refractivity contribution < 1.29 is 18.7 Å². The van der Waals surface area contributed by atoms with E-state index in [9.17, 15) is 13.6 Å². The Hall–Kier alpha value is -1.15. The summed E-state index contributed by atoms with van der Waals surface area (Å²) < 4.78 is 25.7. The molecule has 0 saturated carbocycles. The Bertz CT molecular complexity index is 271. The number of hydrogen-bond acceptors (Lipinski definition) is 2. The average Bonchev–Trinajstić information content (AvgIpc) is 2.12. The van der Waals surface area contributed by atoms with Crippen molar-refractivity contribution >= 4 is 5.91 Å². The number of likely N-dealkylation sites (N-methyl/N-ethyl adjacent to an activating group) is 1. The zero-order chi connectivity index (χ0) is 9.57. The fraction of sp³-hybridized carbons (Fsp3) is 0.571. The standard InChI is InChI=1S/C7H7F2NO2/c1-3-6(12)5(11)10(2)4-7(6,8)9/h1,12H,4H2,2H3.